The minimum atomic E-state index is -3.78. The van der Waals surface area contributed by atoms with Crippen LogP contribution in [-0.2, 0) is 23.2 Å². The SMILES string of the molecule is CCN(C)Cc1c(Cc2cccc(NS(=O)(=O)NC)c2Cl)c(=O)oc2cc(OC(=O)N(C)C)c(C)cc12. The molecule has 2 aromatic carbocycles. The molecule has 10 nitrogen and oxygen atoms in total. The molecular weight excluding hydrogens is 520 g/mol. The fourth-order valence-electron chi connectivity index (χ4n) is 3.65. The van der Waals surface area contributed by atoms with E-state index in [0.717, 1.165) is 12.1 Å². The van der Waals surface area contributed by atoms with Crippen LogP contribution in [0.25, 0.3) is 11.0 Å². The Morgan fingerprint density at radius 3 is 2.49 bits per heavy atom. The maximum absolute atomic E-state index is 13.3. The predicted octanol–water partition coefficient (Wildman–Crippen LogP) is 3.73. The molecule has 1 amide bonds. The summed E-state index contributed by atoms with van der Waals surface area (Å²) in [4.78, 5) is 28.7. The predicted molar refractivity (Wildman–Crippen MR) is 145 cm³/mol. The van der Waals surface area contributed by atoms with E-state index in [1.807, 2.05) is 31.9 Å². The quantitative estimate of drug-likeness (QED) is 0.389. The van der Waals surface area contributed by atoms with E-state index < -0.39 is 21.9 Å². The van der Waals surface area contributed by atoms with Crippen LogP contribution < -0.4 is 19.8 Å². The number of nitrogens with zero attached hydrogens (tertiary/aromatic N) is 2. The van der Waals surface area contributed by atoms with Gasteiger partial charge in [0.1, 0.15) is 11.3 Å². The standard InChI is InChI=1S/C25H31ClN4O6S/c1-7-30(6)14-19-17-11-15(2)21(36-25(32)29(4)5)13-22(17)35-24(31)18(19)12-16-9-8-10-20(23(16)26)28-37(33,34)27-3/h8-11,13,27-28H,7,12,14H2,1-6H3. The van der Waals surface area contributed by atoms with Crippen molar-refractivity contribution in [3.05, 3.63) is 68.0 Å². The highest BCUT2D eigenvalue weighted by atomic mass is 35.5. The van der Waals surface area contributed by atoms with E-state index in [2.05, 4.69) is 9.44 Å². The van der Waals surface area contributed by atoms with Crippen LogP contribution >= 0.6 is 11.6 Å². The number of nitrogens with one attached hydrogen (secondary N) is 2. The molecular formula is C25H31ClN4O6S. The molecule has 1 aromatic heterocycles. The molecule has 0 aliphatic rings. The summed E-state index contributed by atoms with van der Waals surface area (Å²) in [6.07, 6.45) is -0.425. The molecule has 200 valence electrons. The average molecular weight is 551 g/mol. The molecule has 0 fully saturated rings. The van der Waals surface area contributed by atoms with Gasteiger partial charge in [0.2, 0.25) is 0 Å². The monoisotopic (exact) mass is 550 g/mol. The van der Waals surface area contributed by atoms with E-state index >= 15 is 0 Å². The van der Waals surface area contributed by atoms with Crippen molar-refractivity contribution in [3.8, 4) is 5.75 Å². The van der Waals surface area contributed by atoms with Crippen LogP contribution in [0.5, 0.6) is 5.75 Å². The second kappa shape index (κ2) is 11.5. The Kier molecular flexibility index (Phi) is 8.85. The van der Waals surface area contributed by atoms with Gasteiger partial charge in [-0.2, -0.15) is 8.42 Å². The van der Waals surface area contributed by atoms with Gasteiger partial charge in [0.15, 0.2) is 0 Å². The molecule has 3 aromatic rings. The van der Waals surface area contributed by atoms with Gasteiger partial charge >= 0.3 is 11.7 Å². The van der Waals surface area contributed by atoms with Crippen LogP contribution in [0.1, 0.15) is 29.2 Å². The Bertz CT molecular complexity index is 1490. The number of hydrogen-bond acceptors (Lipinski definition) is 7. The van der Waals surface area contributed by atoms with Gasteiger partial charge < -0.3 is 19.0 Å². The first-order valence-electron chi connectivity index (χ1n) is 11.5. The van der Waals surface area contributed by atoms with Crippen molar-refractivity contribution in [3.63, 3.8) is 0 Å². The average Bonchev–Trinajstić information content (AvgIpc) is 2.84. The molecule has 0 spiro atoms. The zero-order chi connectivity index (χ0) is 27.5. The Labute approximate surface area is 221 Å². The maximum atomic E-state index is 13.3. The minimum absolute atomic E-state index is 0.121. The summed E-state index contributed by atoms with van der Waals surface area (Å²) in [5.74, 6) is 0.296. The highest BCUT2D eigenvalue weighted by Crippen LogP contribution is 2.32. The lowest BCUT2D eigenvalue weighted by Crippen LogP contribution is -2.26. The summed E-state index contributed by atoms with van der Waals surface area (Å²) in [5.41, 5.74) is 2.33. The van der Waals surface area contributed by atoms with E-state index in [1.54, 1.807) is 32.3 Å². The molecule has 0 aliphatic carbocycles. The van der Waals surface area contributed by atoms with Gasteiger partial charge in [-0.05, 0) is 49.3 Å². The second-order valence-corrected chi connectivity index (χ2v) is 10.8. The summed E-state index contributed by atoms with van der Waals surface area (Å²) < 4.78 is 39.6. The van der Waals surface area contributed by atoms with Crippen molar-refractivity contribution in [1.29, 1.82) is 0 Å². The summed E-state index contributed by atoms with van der Waals surface area (Å²) in [6, 6.07) is 8.30. The molecule has 0 atom stereocenters. The number of ether oxygens (including phenoxy) is 1. The Morgan fingerprint density at radius 2 is 1.86 bits per heavy atom. The van der Waals surface area contributed by atoms with Gasteiger partial charge in [-0.3, -0.25) is 4.72 Å². The van der Waals surface area contributed by atoms with Crippen LogP contribution in [0.15, 0.2) is 39.5 Å². The normalized spacial score (nSPS) is 11.7. The number of carbonyl (C=O) groups is 1. The maximum Gasteiger partial charge on any atom is 0.414 e. The number of carbonyl (C=O) groups excluding carboxylic acids is 1. The molecule has 0 saturated carbocycles. The molecule has 2 N–H and O–H groups in total. The number of fused-ring (bicyclic) bond motifs is 1. The summed E-state index contributed by atoms with van der Waals surface area (Å²) >= 11 is 6.55. The lowest BCUT2D eigenvalue weighted by atomic mass is 9.96. The van der Waals surface area contributed by atoms with Crippen LogP contribution in [0.4, 0.5) is 10.5 Å². The lowest BCUT2D eigenvalue weighted by Gasteiger charge is -2.20. The second-order valence-electron chi connectivity index (χ2n) is 8.82. The van der Waals surface area contributed by atoms with Crippen LogP contribution in [0, 0.1) is 6.92 Å². The van der Waals surface area contributed by atoms with Gasteiger partial charge in [-0.1, -0.05) is 30.7 Å². The van der Waals surface area contributed by atoms with E-state index in [9.17, 15) is 18.0 Å². The number of aryl methyl sites for hydroxylation is 1. The zero-order valence-corrected chi connectivity index (χ0v) is 23.2. The van der Waals surface area contributed by atoms with E-state index in [-0.39, 0.29) is 17.1 Å². The van der Waals surface area contributed by atoms with Crippen molar-refractivity contribution in [2.45, 2.75) is 26.8 Å². The minimum Gasteiger partial charge on any atom is -0.422 e. The molecule has 0 unspecified atom stereocenters. The van der Waals surface area contributed by atoms with Crippen molar-refractivity contribution in [2.24, 2.45) is 0 Å². The first kappa shape index (κ1) is 28.5. The van der Waals surface area contributed by atoms with E-state index in [4.69, 9.17) is 20.8 Å². The number of halogens is 1. The lowest BCUT2D eigenvalue weighted by molar-refractivity contribution is 0.171. The van der Waals surface area contributed by atoms with Crippen molar-refractivity contribution in [1.82, 2.24) is 14.5 Å². The fraction of sp³-hybridized carbons (Fsp3) is 0.360. The highest BCUT2D eigenvalue weighted by Gasteiger charge is 2.21. The van der Waals surface area contributed by atoms with Crippen molar-refractivity contribution in [2.75, 3.05) is 39.5 Å². The summed E-state index contributed by atoms with van der Waals surface area (Å²) in [5, 5.41) is 0.887. The third kappa shape index (κ3) is 6.61. The smallest absolute Gasteiger partial charge is 0.414 e. The number of benzene rings is 2. The third-order valence-electron chi connectivity index (χ3n) is 5.90. The summed E-state index contributed by atoms with van der Waals surface area (Å²) in [6.45, 7) is 5.00. The van der Waals surface area contributed by atoms with Gasteiger partial charge in [0.05, 0.1) is 10.7 Å². The molecule has 0 radical (unpaired) electrons. The largest absolute Gasteiger partial charge is 0.422 e. The van der Waals surface area contributed by atoms with Crippen molar-refractivity contribution >= 4 is 44.6 Å². The van der Waals surface area contributed by atoms with E-state index in [0.29, 0.717) is 40.0 Å². The fourth-order valence-corrected chi connectivity index (χ4v) is 4.51. The summed E-state index contributed by atoms with van der Waals surface area (Å²) in [7, 11) is 2.59. The Morgan fingerprint density at radius 1 is 1.16 bits per heavy atom. The first-order chi connectivity index (χ1) is 17.4. The van der Waals surface area contributed by atoms with Crippen LogP contribution in [-0.4, -0.2) is 59.0 Å². The number of amides is 1. The molecule has 0 aliphatic heterocycles. The molecule has 3 rings (SSSR count). The number of anilines is 1. The zero-order valence-electron chi connectivity index (χ0n) is 21.6. The van der Waals surface area contributed by atoms with Gasteiger partial charge in [-0.25, -0.2) is 14.3 Å². The molecule has 0 bridgehead atoms. The molecule has 12 heteroatoms. The molecule has 1 heterocycles. The third-order valence-corrected chi connectivity index (χ3v) is 7.38. The number of hydrogen-bond donors (Lipinski definition) is 2. The Hall–Kier alpha value is -3.12. The van der Waals surface area contributed by atoms with Gasteiger partial charge in [0, 0.05) is 51.1 Å². The van der Waals surface area contributed by atoms with E-state index in [1.165, 1.54) is 18.0 Å². The van der Waals surface area contributed by atoms with Gasteiger partial charge in [0.25, 0.3) is 10.2 Å². The van der Waals surface area contributed by atoms with Crippen LogP contribution in [0.3, 0.4) is 0 Å². The molecule has 0 saturated heterocycles. The number of rotatable bonds is 9. The van der Waals surface area contributed by atoms with Crippen molar-refractivity contribution < 1.29 is 22.4 Å². The molecule has 37 heavy (non-hydrogen) atoms. The van der Waals surface area contributed by atoms with Crippen LogP contribution in [0.2, 0.25) is 5.02 Å². The Balaban J connectivity index is 2.16. The first-order valence-corrected chi connectivity index (χ1v) is 13.4. The van der Waals surface area contributed by atoms with Gasteiger partial charge in [-0.15, -0.1) is 0 Å². The highest BCUT2D eigenvalue weighted by molar-refractivity contribution is 7.90. The topological polar surface area (TPSA) is 121 Å².